The molecule has 1 aliphatic rings. The lowest BCUT2D eigenvalue weighted by Crippen LogP contribution is -2.37. The van der Waals surface area contributed by atoms with Crippen LogP contribution >= 0.6 is 24.0 Å². The number of halogens is 1. The van der Waals surface area contributed by atoms with Crippen LogP contribution in [0.15, 0.2) is 35.5 Å². The van der Waals surface area contributed by atoms with Crippen LogP contribution < -0.4 is 20.3 Å². The molecule has 31 heavy (non-hydrogen) atoms. The van der Waals surface area contributed by atoms with Gasteiger partial charge in [0, 0.05) is 42.5 Å². The van der Waals surface area contributed by atoms with Crippen molar-refractivity contribution in [2.24, 2.45) is 4.99 Å². The van der Waals surface area contributed by atoms with E-state index in [9.17, 15) is 4.79 Å². The van der Waals surface area contributed by atoms with E-state index in [1.165, 1.54) is 0 Å². The molecule has 0 spiro atoms. The fourth-order valence-corrected chi connectivity index (χ4v) is 3.63. The maximum Gasteiger partial charge on any atom is 0.227 e. The minimum atomic E-state index is 0. The van der Waals surface area contributed by atoms with Crippen molar-refractivity contribution in [2.75, 3.05) is 25.1 Å². The molecule has 1 aromatic heterocycles. The zero-order chi connectivity index (χ0) is 21.5. The summed E-state index contributed by atoms with van der Waals surface area (Å²) in [6.45, 7) is 8.74. The number of nitrogens with one attached hydrogen (secondary N) is 2. The third kappa shape index (κ3) is 6.32. The fraction of sp³-hybridized carbons (Fsp3) is 0.435. The number of pyridine rings is 1. The normalized spacial score (nSPS) is 13.7. The van der Waals surface area contributed by atoms with E-state index in [0.717, 1.165) is 59.3 Å². The Morgan fingerprint density at radius 2 is 1.97 bits per heavy atom. The van der Waals surface area contributed by atoms with Gasteiger partial charge in [0.05, 0.1) is 25.9 Å². The first-order chi connectivity index (χ1) is 14.5. The zero-order valence-corrected chi connectivity index (χ0v) is 21.0. The third-order valence-corrected chi connectivity index (χ3v) is 5.26. The largest absolute Gasteiger partial charge is 0.496 e. The lowest BCUT2D eigenvalue weighted by Gasteiger charge is -2.16. The molecule has 0 radical (unpaired) electrons. The molecule has 2 N–H and O–H groups in total. The number of carbonyl (C=O) groups excluding carboxylic acids is 1. The number of aromatic nitrogens is 1. The average molecular weight is 537 g/mol. The summed E-state index contributed by atoms with van der Waals surface area (Å²) < 4.78 is 5.49. The summed E-state index contributed by atoms with van der Waals surface area (Å²) in [6, 6.07) is 8.07. The first-order valence-corrected chi connectivity index (χ1v) is 10.4. The standard InChI is InChI=1S/C23H31N5O2.HI/c1-5-24-23(27-15-20-17(3)22(30-4)16(2)13-25-20)26-14-18-8-10-19(11-9-18)28-12-6-7-21(28)29;/h8-11,13H,5-7,12,14-15H2,1-4H3,(H2,24,26,27);1H. The number of hydrogen-bond donors (Lipinski definition) is 2. The van der Waals surface area contributed by atoms with Gasteiger partial charge in [-0.2, -0.15) is 0 Å². The van der Waals surface area contributed by atoms with Crippen LogP contribution in [-0.2, 0) is 17.9 Å². The van der Waals surface area contributed by atoms with Gasteiger partial charge in [-0.15, -0.1) is 24.0 Å². The Morgan fingerprint density at radius 1 is 1.23 bits per heavy atom. The molecule has 8 heteroatoms. The van der Waals surface area contributed by atoms with Gasteiger partial charge >= 0.3 is 0 Å². The number of hydrogen-bond acceptors (Lipinski definition) is 4. The quantitative estimate of drug-likeness (QED) is 0.320. The predicted octanol–water partition coefficient (Wildman–Crippen LogP) is 3.71. The minimum absolute atomic E-state index is 0. The molecule has 0 saturated carbocycles. The van der Waals surface area contributed by atoms with Crippen LogP contribution in [0.5, 0.6) is 5.75 Å². The number of benzene rings is 1. The molecule has 1 aromatic carbocycles. The Morgan fingerprint density at radius 3 is 2.58 bits per heavy atom. The Hall–Kier alpha value is -2.36. The molecule has 0 unspecified atom stereocenters. The lowest BCUT2D eigenvalue weighted by molar-refractivity contribution is -0.117. The summed E-state index contributed by atoms with van der Waals surface area (Å²) in [7, 11) is 1.68. The van der Waals surface area contributed by atoms with Crippen LogP contribution in [0.1, 0.15) is 42.1 Å². The van der Waals surface area contributed by atoms with E-state index in [-0.39, 0.29) is 29.9 Å². The molecule has 3 rings (SSSR count). The Kier molecular flexibility index (Phi) is 9.54. The molecule has 1 aliphatic heterocycles. The molecule has 1 saturated heterocycles. The second kappa shape index (κ2) is 11.9. The van der Waals surface area contributed by atoms with Crippen molar-refractivity contribution in [3.8, 4) is 5.75 Å². The highest BCUT2D eigenvalue weighted by molar-refractivity contribution is 14.0. The maximum absolute atomic E-state index is 11.9. The number of ether oxygens (including phenoxy) is 1. The fourth-order valence-electron chi connectivity index (χ4n) is 3.63. The molecule has 1 fully saturated rings. The van der Waals surface area contributed by atoms with Crippen molar-refractivity contribution >= 4 is 41.5 Å². The number of amides is 1. The molecule has 168 valence electrons. The zero-order valence-electron chi connectivity index (χ0n) is 18.7. The van der Waals surface area contributed by atoms with Gasteiger partial charge in [-0.25, -0.2) is 4.99 Å². The highest BCUT2D eigenvalue weighted by atomic mass is 127. The first kappa shape index (κ1) is 24.9. The highest BCUT2D eigenvalue weighted by Gasteiger charge is 2.21. The van der Waals surface area contributed by atoms with Crippen LogP contribution in [0.2, 0.25) is 0 Å². The van der Waals surface area contributed by atoms with Gasteiger partial charge in [-0.3, -0.25) is 9.78 Å². The average Bonchev–Trinajstić information content (AvgIpc) is 3.18. The number of methoxy groups -OCH3 is 1. The van der Waals surface area contributed by atoms with Gasteiger partial charge in [-0.05, 0) is 44.9 Å². The SMILES string of the molecule is CCNC(=NCc1ccc(N2CCCC2=O)cc1)NCc1ncc(C)c(OC)c1C.I. The number of anilines is 1. The lowest BCUT2D eigenvalue weighted by atomic mass is 10.1. The Balaban J connectivity index is 0.00000341. The maximum atomic E-state index is 11.9. The van der Waals surface area contributed by atoms with E-state index in [0.29, 0.717) is 19.5 Å². The number of nitrogens with zero attached hydrogens (tertiary/aromatic N) is 3. The third-order valence-electron chi connectivity index (χ3n) is 5.26. The van der Waals surface area contributed by atoms with E-state index in [4.69, 9.17) is 4.74 Å². The van der Waals surface area contributed by atoms with Crippen LogP contribution in [0.3, 0.4) is 0 Å². The smallest absolute Gasteiger partial charge is 0.227 e. The van der Waals surface area contributed by atoms with Gasteiger partial charge in [-0.1, -0.05) is 12.1 Å². The molecular formula is C23H32IN5O2. The number of aryl methyl sites for hydroxylation is 1. The number of rotatable bonds is 7. The Bertz CT molecular complexity index is 915. The molecule has 0 aliphatic carbocycles. The molecule has 1 amide bonds. The first-order valence-electron chi connectivity index (χ1n) is 10.4. The number of aliphatic imine (C=N–C) groups is 1. The number of carbonyl (C=O) groups is 1. The van der Waals surface area contributed by atoms with Crippen molar-refractivity contribution in [1.29, 1.82) is 0 Å². The monoisotopic (exact) mass is 537 g/mol. The highest BCUT2D eigenvalue weighted by Crippen LogP contribution is 2.24. The summed E-state index contributed by atoms with van der Waals surface area (Å²) in [5.74, 6) is 1.81. The van der Waals surface area contributed by atoms with Gasteiger partial charge in [0.25, 0.3) is 0 Å². The summed E-state index contributed by atoms with van der Waals surface area (Å²) >= 11 is 0. The molecular weight excluding hydrogens is 505 g/mol. The van der Waals surface area contributed by atoms with Crippen LogP contribution in [0.4, 0.5) is 5.69 Å². The summed E-state index contributed by atoms with van der Waals surface area (Å²) in [5, 5.41) is 6.62. The molecule has 7 nitrogen and oxygen atoms in total. The molecule has 2 heterocycles. The van der Waals surface area contributed by atoms with Gasteiger partial charge in [0.1, 0.15) is 5.75 Å². The van der Waals surface area contributed by atoms with Crippen molar-refractivity contribution in [2.45, 2.75) is 46.7 Å². The van der Waals surface area contributed by atoms with E-state index < -0.39 is 0 Å². The van der Waals surface area contributed by atoms with Crippen molar-refractivity contribution < 1.29 is 9.53 Å². The van der Waals surface area contributed by atoms with E-state index in [2.05, 4.69) is 20.6 Å². The van der Waals surface area contributed by atoms with Crippen molar-refractivity contribution in [3.63, 3.8) is 0 Å². The predicted molar refractivity (Wildman–Crippen MR) is 135 cm³/mol. The van der Waals surface area contributed by atoms with Gasteiger partial charge in [0.2, 0.25) is 5.91 Å². The Labute approximate surface area is 201 Å². The molecule has 0 atom stereocenters. The second-order valence-electron chi connectivity index (χ2n) is 7.41. The van der Waals surface area contributed by atoms with E-state index >= 15 is 0 Å². The van der Waals surface area contributed by atoms with Crippen LogP contribution in [0.25, 0.3) is 0 Å². The summed E-state index contributed by atoms with van der Waals surface area (Å²) in [5.41, 5.74) is 5.05. The van der Waals surface area contributed by atoms with Crippen LogP contribution in [0, 0.1) is 13.8 Å². The minimum Gasteiger partial charge on any atom is -0.496 e. The van der Waals surface area contributed by atoms with Gasteiger partial charge < -0.3 is 20.3 Å². The van der Waals surface area contributed by atoms with Crippen molar-refractivity contribution in [1.82, 2.24) is 15.6 Å². The summed E-state index contributed by atoms with van der Waals surface area (Å²) in [4.78, 5) is 23.0. The van der Waals surface area contributed by atoms with Gasteiger partial charge in [0.15, 0.2) is 5.96 Å². The molecule has 0 bridgehead atoms. The topological polar surface area (TPSA) is 78.9 Å². The summed E-state index contributed by atoms with van der Waals surface area (Å²) in [6.07, 6.45) is 3.41. The molecule has 2 aromatic rings. The van der Waals surface area contributed by atoms with E-state index in [1.807, 2.05) is 56.1 Å². The number of guanidine groups is 1. The van der Waals surface area contributed by atoms with E-state index in [1.54, 1.807) is 7.11 Å². The van der Waals surface area contributed by atoms with Crippen LogP contribution in [-0.4, -0.2) is 37.1 Å². The van der Waals surface area contributed by atoms with Crippen molar-refractivity contribution in [3.05, 3.63) is 52.8 Å². The second-order valence-corrected chi connectivity index (χ2v) is 7.41.